The van der Waals surface area contributed by atoms with Crippen LogP contribution in [0.15, 0.2) is 73.1 Å². The number of anilines is 4. The Labute approximate surface area is 225 Å². The van der Waals surface area contributed by atoms with E-state index in [4.69, 9.17) is 9.72 Å². The van der Waals surface area contributed by atoms with E-state index in [1.54, 1.807) is 42.4 Å². The second-order valence-corrected chi connectivity index (χ2v) is 9.57. The lowest BCUT2D eigenvalue weighted by Crippen LogP contribution is -2.46. The van der Waals surface area contributed by atoms with Gasteiger partial charge in [0.2, 0.25) is 5.95 Å². The lowest BCUT2D eigenvalue weighted by molar-refractivity contribution is 0.0957. The number of aromatic nitrogens is 3. The Balaban J connectivity index is 1.23. The number of rotatable bonds is 7. The van der Waals surface area contributed by atoms with E-state index in [1.165, 1.54) is 6.20 Å². The zero-order valence-corrected chi connectivity index (χ0v) is 21.6. The van der Waals surface area contributed by atoms with Crippen molar-refractivity contribution in [2.24, 2.45) is 0 Å². The second-order valence-electron chi connectivity index (χ2n) is 9.57. The van der Waals surface area contributed by atoms with Crippen LogP contribution in [0.3, 0.4) is 0 Å². The molecule has 39 heavy (non-hydrogen) atoms. The zero-order chi connectivity index (χ0) is 26.9. The minimum atomic E-state index is -0.284. The standard InChI is InChI=1S/C29H27N7O3/c1-18-4-3-5-22(14-18)36-26-19(17-35(29(36)38)21-8-9-21)16-32-28(34-26)33-20-6-10-23(11-7-20)39-24-12-13-31-25(15-24)27(37)30-2/h3-7,10-16,21H,8-9,17H2,1-2H3,(H,30,37)(H,32,33,34). The van der Waals surface area contributed by atoms with Crippen LogP contribution in [0.1, 0.15) is 34.5 Å². The van der Waals surface area contributed by atoms with Crippen LogP contribution in [-0.2, 0) is 6.54 Å². The van der Waals surface area contributed by atoms with Crippen molar-refractivity contribution < 1.29 is 14.3 Å². The molecule has 0 spiro atoms. The first-order chi connectivity index (χ1) is 19.0. The molecule has 3 heterocycles. The predicted molar refractivity (Wildman–Crippen MR) is 147 cm³/mol. The molecule has 0 radical (unpaired) electrons. The molecule has 0 unspecified atom stereocenters. The quantitative estimate of drug-likeness (QED) is 0.339. The van der Waals surface area contributed by atoms with Crippen LogP contribution in [0.2, 0.25) is 0 Å². The summed E-state index contributed by atoms with van der Waals surface area (Å²) in [6.45, 7) is 2.51. The number of fused-ring (bicyclic) bond motifs is 1. The first-order valence-electron chi connectivity index (χ1n) is 12.7. The third-order valence-corrected chi connectivity index (χ3v) is 6.62. The number of hydrogen-bond donors (Lipinski definition) is 2. The van der Waals surface area contributed by atoms with Crippen molar-refractivity contribution in [3.63, 3.8) is 0 Å². The molecule has 4 aromatic rings. The van der Waals surface area contributed by atoms with Crippen molar-refractivity contribution in [2.45, 2.75) is 32.4 Å². The minimum absolute atomic E-state index is 0.0579. The summed E-state index contributed by atoms with van der Waals surface area (Å²) in [5.74, 6) is 1.79. The molecule has 1 aliphatic heterocycles. The van der Waals surface area contributed by atoms with Gasteiger partial charge in [-0.15, -0.1) is 0 Å². The van der Waals surface area contributed by atoms with Crippen LogP contribution < -0.4 is 20.3 Å². The maximum atomic E-state index is 13.5. The van der Waals surface area contributed by atoms with Gasteiger partial charge in [0.15, 0.2) is 5.82 Å². The molecular weight excluding hydrogens is 494 g/mol. The normalized spacial score (nSPS) is 14.6. The highest BCUT2D eigenvalue weighted by atomic mass is 16.5. The third-order valence-electron chi connectivity index (χ3n) is 6.62. The first-order valence-corrected chi connectivity index (χ1v) is 12.7. The van der Waals surface area contributed by atoms with Crippen molar-refractivity contribution in [2.75, 3.05) is 17.3 Å². The van der Waals surface area contributed by atoms with Crippen molar-refractivity contribution in [1.29, 1.82) is 0 Å². The number of nitrogens with one attached hydrogen (secondary N) is 2. The third kappa shape index (κ3) is 5.08. The second kappa shape index (κ2) is 10.1. The van der Waals surface area contributed by atoms with Gasteiger partial charge in [0, 0.05) is 42.8 Å². The first kappa shape index (κ1) is 24.4. The molecule has 2 aromatic carbocycles. The highest BCUT2D eigenvalue weighted by Crippen LogP contribution is 2.39. The molecule has 3 amide bonds. The van der Waals surface area contributed by atoms with Gasteiger partial charge in [0.05, 0.1) is 12.2 Å². The Bertz CT molecular complexity index is 1550. The number of urea groups is 1. The highest BCUT2D eigenvalue weighted by Gasteiger charge is 2.41. The molecule has 1 saturated carbocycles. The fourth-order valence-electron chi connectivity index (χ4n) is 4.50. The van der Waals surface area contributed by atoms with E-state index in [9.17, 15) is 9.59 Å². The lowest BCUT2D eigenvalue weighted by atomic mass is 10.1. The molecular formula is C29H27N7O3. The van der Waals surface area contributed by atoms with Crippen LogP contribution in [0.4, 0.5) is 27.9 Å². The van der Waals surface area contributed by atoms with E-state index in [1.807, 2.05) is 48.2 Å². The molecule has 0 bridgehead atoms. The van der Waals surface area contributed by atoms with Crippen LogP contribution in [0, 0.1) is 6.92 Å². The number of hydrogen-bond acceptors (Lipinski definition) is 7. The minimum Gasteiger partial charge on any atom is -0.457 e. The molecule has 10 heteroatoms. The maximum Gasteiger partial charge on any atom is 0.330 e. The number of aryl methyl sites for hydroxylation is 1. The van der Waals surface area contributed by atoms with Crippen LogP contribution >= 0.6 is 0 Å². The van der Waals surface area contributed by atoms with Gasteiger partial charge in [-0.2, -0.15) is 4.98 Å². The fourth-order valence-corrected chi connectivity index (χ4v) is 4.50. The zero-order valence-electron chi connectivity index (χ0n) is 21.6. The summed E-state index contributed by atoms with van der Waals surface area (Å²) < 4.78 is 5.88. The summed E-state index contributed by atoms with van der Waals surface area (Å²) in [4.78, 5) is 42.3. The Morgan fingerprint density at radius 1 is 1.03 bits per heavy atom. The molecule has 10 nitrogen and oxygen atoms in total. The van der Waals surface area contributed by atoms with Crippen molar-refractivity contribution in [1.82, 2.24) is 25.2 Å². The smallest absolute Gasteiger partial charge is 0.330 e. The van der Waals surface area contributed by atoms with E-state index in [-0.39, 0.29) is 23.7 Å². The van der Waals surface area contributed by atoms with Gasteiger partial charge in [0.25, 0.3) is 5.91 Å². The summed E-state index contributed by atoms with van der Waals surface area (Å²) >= 11 is 0. The average molecular weight is 522 g/mol. The number of carbonyl (C=O) groups is 2. The molecule has 2 N–H and O–H groups in total. The van der Waals surface area contributed by atoms with Gasteiger partial charge < -0.3 is 20.3 Å². The monoisotopic (exact) mass is 521 g/mol. The van der Waals surface area contributed by atoms with Gasteiger partial charge in [-0.1, -0.05) is 12.1 Å². The average Bonchev–Trinajstić information content (AvgIpc) is 3.79. The number of benzene rings is 2. The fraction of sp³-hybridized carbons (Fsp3) is 0.207. The molecule has 1 fully saturated rings. The number of nitrogens with zero attached hydrogens (tertiary/aromatic N) is 5. The van der Waals surface area contributed by atoms with E-state index >= 15 is 0 Å². The molecule has 0 atom stereocenters. The van der Waals surface area contributed by atoms with Crippen LogP contribution in [0.25, 0.3) is 0 Å². The maximum absolute atomic E-state index is 13.5. The van der Waals surface area contributed by atoms with Gasteiger partial charge >= 0.3 is 6.03 Å². The Kier molecular flexibility index (Phi) is 6.28. The SMILES string of the molecule is CNC(=O)c1cc(Oc2ccc(Nc3ncc4c(n3)N(c3cccc(C)c3)C(=O)N(C3CC3)C4)cc2)ccn1. The van der Waals surface area contributed by atoms with E-state index in [0.717, 1.165) is 35.3 Å². The van der Waals surface area contributed by atoms with E-state index in [0.29, 0.717) is 29.8 Å². The van der Waals surface area contributed by atoms with E-state index in [2.05, 4.69) is 20.6 Å². The summed E-state index contributed by atoms with van der Waals surface area (Å²) in [6, 6.07) is 18.7. The lowest BCUT2D eigenvalue weighted by Gasteiger charge is -2.36. The van der Waals surface area contributed by atoms with Crippen molar-refractivity contribution in [3.05, 3.63) is 89.9 Å². The van der Waals surface area contributed by atoms with Crippen molar-refractivity contribution >= 4 is 35.1 Å². The topological polar surface area (TPSA) is 113 Å². The molecule has 1 aliphatic carbocycles. The summed E-state index contributed by atoms with van der Waals surface area (Å²) in [7, 11) is 1.55. The Hall–Kier alpha value is -4.99. The summed E-state index contributed by atoms with van der Waals surface area (Å²) in [6.07, 6.45) is 5.37. The summed E-state index contributed by atoms with van der Waals surface area (Å²) in [5.41, 5.74) is 3.79. The van der Waals surface area contributed by atoms with Crippen molar-refractivity contribution in [3.8, 4) is 11.5 Å². The van der Waals surface area contributed by atoms with Gasteiger partial charge in [-0.25, -0.2) is 14.7 Å². The number of amides is 3. The summed E-state index contributed by atoms with van der Waals surface area (Å²) in [5, 5.41) is 5.78. The molecule has 2 aromatic heterocycles. The predicted octanol–water partition coefficient (Wildman–Crippen LogP) is 5.31. The molecule has 2 aliphatic rings. The largest absolute Gasteiger partial charge is 0.457 e. The van der Waals surface area contributed by atoms with Gasteiger partial charge in [-0.3, -0.25) is 9.78 Å². The van der Waals surface area contributed by atoms with E-state index < -0.39 is 0 Å². The van der Waals surface area contributed by atoms with Crippen LogP contribution in [-0.4, -0.2) is 44.9 Å². The number of pyridine rings is 1. The van der Waals surface area contributed by atoms with Gasteiger partial charge in [0.1, 0.15) is 17.2 Å². The molecule has 6 rings (SSSR count). The Morgan fingerprint density at radius 3 is 2.59 bits per heavy atom. The number of carbonyl (C=O) groups excluding carboxylic acids is 2. The Morgan fingerprint density at radius 2 is 1.85 bits per heavy atom. The molecule has 0 saturated heterocycles. The highest BCUT2D eigenvalue weighted by molar-refractivity contribution is 6.01. The van der Waals surface area contributed by atoms with Crippen LogP contribution in [0.5, 0.6) is 11.5 Å². The molecule has 196 valence electrons. The van der Waals surface area contributed by atoms with Gasteiger partial charge in [-0.05, 0) is 67.8 Å². The number of ether oxygens (including phenoxy) is 1.